The van der Waals surface area contributed by atoms with Gasteiger partial charge < -0.3 is 4.98 Å². The minimum atomic E-state index is 0.768. The van der Waals surface area contributed by atoms with E-state index in [9.17, 15) is 0 Å². The Hall–Kier alpha value is -1.47. The summed E-state index contributed by atoms with van der Waals surface area (Å²) in [5.74, 6) is 0. The number of aromatic nitrogens is 1. The van der Waals surface area contributed by atoms with Crippen LogP contribution >= 0.6 is 11.6 Å². The van der Waals surface area contributed by atoms with Gasteiger partial charge in [-0.1, -0.05) is 42.8 Å². The Kier molecular flexibility index (Phi) is 3.70. The molecule has 0 aliphatic heterocycles. The lowest BCUT2D eigenvalue weighted by molar-refractivity contribution is 1.06. The highest BCUT2D eigenvalue weighted by Gasteiger charge is 2.05. The standard InChI is InChI=1S/C15H16ClN/c1-3-5-12-10-15(17-14(12)4-2)11-6-8-13(16)9-7-11/h3,5-10,17H,4H2,1-2H3/b5-3-. The molecule has 0 bridgehead atoms. The highest BCUT2D eigenvalue weighted by atomic mass is 35.5. The maximum absolute atomic E-state index is 5.89. The number of allylic oxidation sites excluding steroid dienone is 1. The number of hydrogen-bond donors (Lipinski definition) is 1. The van der Waals surface area contributed by atoms with Crippen molar-refractivity contribution in [2.24, 2.45) is 0 Å². The largest absolute Gasteiger partial charge is 0.358 e. The molecule has 88 valence electrons. The van der Waals surface area contributed by atoms with Crippen LogP contribution < -0.4 is 0 Å². The first kappa shape index (κ1) is 12.0. The second-order valence-corrected chi connectivity index (χ2v) is 4.41. The van der Waals surface area contributed by atoms with Crippen molar-refractivity contribution in [1.29, 1.82) is 0 Å². The molecule has 0 fully saturated rings. The number of nitrogens with one attached hydrogen (secondary N) is 1. The molecule has 17 heavy (non-hydrogen) atoms. The third-order valence-electron chi connectivity index (χ3n) is 2.79. The van der Waals surface area contributed by atoms with Crippen LogP contribution in [0.5, 0.6) is 0 Å². The molecule has 0 saturated heterocycles. The van der Waals surface area contributed by atoms with E-state index in [0.717, 1.165) is 17.1 Å². The maximum Gasteiger partial charge on any atom is 0.0462 e. The van der Waals surface area contributed by atoms with E-state index in [0.29, 0.717) is 0 Å². The van der Waals surface area contributed by atoms with E-state index in [-0.39, 0.29) is 0 Å². The first-order chi connectivity index (χ1) is 8.24. The number of hydrogen-bond acceptors (Lipinski definition) is 0. The summed E-state index contributed by atoms with van der Waals surface area (Å²) >= 11 is 5.89. The lowest BCUT2D eigenvalue weighted by Gasteiger charge is -1.97. The average molecular weight is 246 g/mol. The second kappa shape index (κ2) is 5.24. The minimum absolute atomic E-state index is 0.768. The van der Waals surface area contributed by atoms with Crippen molar-refractivity contribution in [3.63, 3.8) is 0 Å². The molecular weight excluding hydrogens is 230 g/mol. The molecule has 2 aromatic rings. The van der Waals surface area contributed by atoms with E-state index in [1.807, 2.05) is 31.2 Å². The monoisotopic (exact) mass is 245 g/mol. The van der Waals surface area contributed by atoms with Gasteiger partial charge in [0.2, 0.25) is 0 Å². The number of H-pyrrole nitrogens is 1. The van der Waals surface area contributed by atoms with Crippen molar-refractivity contribution in [2.45, 2.75) is 20.3 Å². The van der Waals surface area contributed by atoms with Gasteiger partial charge in [-0.25, -0.2) is 0 Å². The van der Waals surface area contributed by atoms with Crippen molar-refractivity contribution in [2.75, 3.05) is 0 Å². The van der Waals surface area contributed by atoms with E-state index in [1.54, 1.807) is 0 Å². The van der Waals surface area contributed by atoms with Crippen LogP contribution in [0.25, 0.3) is 17.3 Å². The van der Waals surface area contributed by atoms with Crippen molar-refractivity contribution in [3.8, 4) is 11.3 Å². The van der Waals surface area contributed by atoms with Gasteiger partial charge in [0.1, 0.15) is 0 Å². The van der Waals surface area contributed by atoms with Crippen LogP contribution in [0.1, 0.15) is 25.1 Å². The Morgan fingerprint density at radius 3 is 2.53 bits per heavy atom. The average Bonchev–Trinajstić information content (AvgIpc) is 2.74. The molecule has 0 spiro atoms. The van der Waals surface area contributed by atoms with E-state index in [1.165, 1.54) is 16.8 Å². The first-order valence-corrected chi connectivity index (χ1v) is 6.23. The normalized spacial score (nSPS) is 11.2. The summed E-state index contributed by atoms with van der Waals surface area (Å²) in [4.78, 5) is 3.46. The highest BCUT2D eigenvalue weighted by molar-refractivity contribution is 6.30. The van der Waals surface area contributed by atoms with Crippen molar-refractivity contribution in [1.82, 2.24) is 4.98 Å². The van der Waals surface area contributed by atoms with E-state index < -0.39 is 0 Å². The fourth-order valence-electron chi connectivity index (χ4n) is 1.92. The van der Waals surface area contributed by atoms with Gasteiger partial charge in [-0.2, -0.15) is 0 Å². The molecule has 0 unspecified atom stereocenters. The number of aromatic amines is 1. The topological polar surface area (TPSA) is 15.8 Å². The number of rotatable bonds is 3. The third-order valence-corrected chi connectivity index (χ3v) is 3.04. The predicted octanol–water partition coefficient (Wildman–Crippen LogP) is 4.93. The molecule has 0 aliphatic rings. The van der Waals surface area contributed by atoms with Gasteiger partial charge in [0.05, 0.1) is 0 Å². The maximum atomic E-state index is 5.89. The zero-order valence-electron chi connectivity index (χ0n) is 10.1. The van der Waals surface area contributed by atoms with E-state index in [4.69, 9.17) is 11.6 Å². The highest BCUT2D eigenvalue weighted by Crippen LogP contribution is 2.24. The van der Waals surface area contributed by atoms with Crippen LogP contribution in [0, 0.1) is 0 Å². The fraction of sp³-hybridized carbons (Fsp3) is 0.200. The van der Waals surface area contributed by atoms with Crippen LogP contribution in [0.3, 0.4) is 0 Å². The predicted molar refractivity (Wildman–Crippen MR) is 75.3 cm³/mol. The molecular formula is C15H16ClN. The molecule has 0 radical (unpaired) electrons. The second-order valence-electron chi connectivity index (χ2n) is 3.98. The summed E-state index contributed by atoms with van der Waals surface area (Å²) in [6.45, 7) is 4.19. The van der Waals surface area contributed by atoms with Gasteiger partial charge in [0.15, 0.2) is 0 Å². The lowest BCUT2D eigenvalue weighted by atomic mass is 10.1. The Morgan fingerprint density at radius 2 is 1.94 bits per heavy atom. The van der Waals surface area contributed by atoms with E-state index in [2.05, 4.69) is 30.1 Å². The van der Waals surface area contributed by atoms with Crippen LogP contribution in [0.2, 0.25) is 5.02 Å². The quantitative estimate of drug-likeness (QED) is 0.789. The molecule has 1 N–H and O–H groups in total. The van der Waals surface area contributed by atoms with Gasteiger partial charge in [-0.3, -0.25) is 0 Å². The van der Waals surface area contributed by atoms with Crippen molar-refractivity contribution < 1.29 is 0 Å². The molecule has 0 saturated carbocycles. The summed E-state index contributed by atoms with van der Waals surface area (Å²) in [6, 6.07) is 10.1. The van der Waals surface area contributed by atoms with Gasteiger partial charge in [-0.15, -0.1) is 0 Å². The molecule has 2 rings (SSSR count). The zero-order valence-corrected chi connectivity index (χ0v) is 10.9. The van der Waals surface area contributed by atoms with Crippen molar-refractivity contribution in [3.05, 3.63) is 52.7 Å². The molecule has 0 atom stereocenters. The minimum Gasteiger partial charge on any atom is -0.358 e. The number of halogens is 1. The van der Waals surface area contributed by atoms with Crippen LogP contribution in [0.4, 0.5) is 0 Å². The first-order valence-electron chi connectivity index (χ1n) is 5.85. The van der Waals surface area contributed by atoms with Crippen LogP contribution in [-0.2, 0) is 6.42 Å². The molecule has 1 nitrogen and oxygen atoms in total. The fourth-order valence-corrected chi connectivity index (χ4v) is 2.05. The molecule has 1 aromatic carbocycles. The van der Waals surface area contributed by atoms with Crippen LogP contribution in [0.15, 0.2) is 36.4 Å². The van der Waals surface area contributed by atoms with Gasteiger partial charge >= 0.3 is 0 Å². The lowest BCUT2D eigenvalue weighted by Crippen LogP contribution is -1.82. The van der Waals surface area contributed by atoms with Gasteiger partial charge in [0.25, 0.3) is 0 Å². The number of aryl methyl sites for hydroxylation is 1. The van der Waals surface area contributed by atoms with E-state index >= 15 is 0 Å². The summed E-state index contributed by atoms with van der Waals surface area (Å²) in [6.07, 6.45) is 5.20. The zero-order chi connectivity index (χ0) is 12.3. The summed E-state index contributed by atoms with van der Waals surface area (Å²) in [5, 5.41) is 0.768. The molecule has 1 heterocycles. The van der Waals surface area contributed by atoms with Gasteiger partial charge in [-0.05, 0) is 42.7 Å². The molecule has 2 heteroatoms. The van der Waals surface area contributed by atoms with Crippen LogP contribution in [-0.4, -0.2) is 4.98 Å². The Balaban J connectivity index is 2.42. The summed E-state index contributed by atoms with van der Waals surface area (Å²) in [7, 11) is 0. The summed E-state index contributed by atoms with van der Waals surface area (Å²) in [5.41, 5.74) is 4.85. The number of benzene rings is 1. The molecule has 0 amide bonds. The molecule has 0 aliphatic carbocycles. The Labute approximate surface area is 107 Å². The molecule has 1 aromatic heterocycles. The Morgan fingerprint density at radius 1 is 1.24 bits per heavy atom. The van der Waals surface area contributed by atoms with Crippen molar-refractivity contribution >= 4 is 17.7 Å². The smallest absolute Gasteiger partial charge is 0.0462 e. The Bertz CT molecular complexity index is 520. The SMILES string of the molecule is C/C=C\c1cc(-c2ccc(Cl)cc2)[nH]c1CC. The third kappa shape index (κ3) is 2.62. The van der Waals surface area contributed by atoms with Gasteiger partial charge in [0, 0.05) is 16.4 Å². The summed E-state index contributed by atoms with van der Waals surface area (Å²) < 4.78 is 0.